The maximum atomic E-state index is 12.4. The number of sulfone groups is 1. The standard InChI is InChI=1S/C19H29N3O4S/c1-19(7-12-27(24,25)15-19)20-18(23)14-22-10-8-21(9-11-22)13-16-3-5-17(26-2)6-4-16/h3-6H,7-15H2,1-2H3,(H,20,23)/p+2/t19-/m1/s1. The van der Waals surface area contributed by atoms with Gasteiger partial charge in [-0.3, -0.25) is 4.79 Å². The van der Waals surface area contributed by atoms with E-state index in [9.17, 15) is 13.2 Å². The summed E-state index contributed by atoms with van der Waals surface area (Å²) in [5.41, 5.74) is 0.693. The molecule has 0 radical (unpaired) electrons. The Kier molecular flexibility index (Phi) is 6.08. The highest BCUT2D eigenvalue weighted by atomic mass is 32.2. The Bertz CT molecular complexity index is 758. The number of methoxy groups -OCH3 is 1. The molecule has 2 heterocycles. The summed E-state index contributed by atoms with van der Waals surface area (Å²) in [6, 6.07) is 8.19. The number of hydrogen-bond donors (Lipinski definition) is 3. The predicted octanol–water partition coefficient (Wildman–Crippen LogP) is -2.33. The maximum Gasteiger partial charge on any atom is 0.275 e. The fraction of sp³-hybridized carbons (Fsp3) is 0.632. The number of rotatable bonds is 6. The van der Waals surface area contributed by atoms with E-state index in [1.807, 2.05) is 19.1 Å². The Hall–Kier alpha value is -1.64. The summed E-state index contributed by atoms with van der Waals surface area (Å²) in [5, 5.41) is 2.96. The highest BCUT2D eigenvalue weighted by Crippen LogP contribution is 2.22. The van der Waals surface area contributed by atoms with Gasteiger partial charge in [-0.25, -0.2) is 8.42 Å². The zero-order valence-corrected chi connectivity index (χ0v) is 17.0. The number of amides is 1. The smallest absolute Gasteiger partial charge is 0.275 e. The molecule has 0 spiro atoms. The minimum Gasteiger partial charge on any atom is -0.497 e. The van der Waals surface area contributed by atoms with Gasteiger partial charge >= 0.3 is 0 Å². The molecule has 3 N–H and O–H groups in total. The van der Waals surface area contributed by atoms with Crippen molar-refractivity contribution < 1.29 is 27.7 Å². The monoisotopic (exact) mass is 397 g/mol. The molecule has 0 aromatic heterocycles. The third-order valence-electron chi connectivity index (χ3n) is 5.63. The zero-order chi connectivity index (χ0) is 19.5. The number of carbonyl (C=O) groups excluding carboxylic acids is 1. The molecule has 150 valence electrons. The molecule has 1 aromatic rings. The summed E-state index contributed by atoms with van der Waals surface area (Å²) in [4.78, 5) is 15.2. The third kappa shape index (κ3) is 5.67. The van der Waals surface area contributed by atoms with Gasteiger partial charge in [-0.1, -0.05) is 0 Å². The molecule has 7 nitrogen and oxygen atoms in total. The number of hydrogen-bond acceptors (Lipinski definition) is 4. The van der Waals surface area contributed by atoms with E-state index in [2.05, 4.69) is 17.4 Å². The molecule has 1 atom stereocenters. The molecule has 3 rings (SSSR count). The molecule has 2 saturated heterocycles. The van der Waals surface area contributed by atoms with Crippen LogP contribution in [-0.2, 0) is 21.2 Å². The van der Waals surface area contributed by atoms with E-state index in [-0.39, 0.29) is 17.4 Å². The summed E-state index contributed by atoms with van der Waals surface area (Å²) in [6.07, 6.45) is 0.510. The lowest BCUT2D eigenvalue weighted by Gasteiger charge is -2.30. The van der Waals surface area contributed by atoms with Crippen molar-refractivity contribution >= 4 is 15.7 Å². The van der Waals surface area contributed by atoms with Gasteiger partial charge in [0.05, 0.1) is 24.2 Å². The van der Waals surface area contributed by atoms with E-state index in [1.54, 1.807) is 7.11 Å². The Labute approximate surface area is 161 Å². The maximum absolute atomic E-state index is 12.4. The molecular formula is C19H31N3O4S+2. The van der Waals surface area contributed by atoms with Crippen molar-refractivity contribution in [1.29, 1.82) is 0 Å². The first kappa shape index (κ1) is 20.1. The van der Waals surface area contributed by atoms with Crippen molar-refractivity contribution in [2.45, 2.75) is 25.4 Å². The van der Waals surface area contributed by atoms with Crippen LogP contribution < -0.4 is 19.9 Å². The minimum absolute atomic E-state index is 0.0387. The van der Waals surface area contributed by atoms with E-state index in [4.69, 9.17) is 4.74 Å². The van der Waals surface area contributed by atoms with E-state index < -0.39 is 15.4 Å². The van der Waals surface area contributed by atoms with Crippen molar-refractivity contribution in [1.82, 2.24) is 5.32 Å². The first-order chi connectivity index (χ1) is 12.8. The second kappa shape index (κ2) is 8.16. The lowest BCUT2D eigenvalue weighted by molar-refractivity contribution is -1.02. The molecule has 2 fully saturated rings. The number of ether oxygens (including phenoxy) is 1. The van der Waals surface area contributed by atoms with Gasteiger partial charge in [0.25, 0.3) is 5.91 Å². The van der Waals surface area contributed by atoms with Gasteiger partial charge in [0.1, 0.15) is 38.5 Å². The molecule has 0 unspecified atom stereocenters. The predicted molar refractivity (Wildman–Crippen MR) is 103 cm³/mol. The summed E-state index contributed by atoms with van der Waals surface area (Å²) < 4.78 is 28.5. The number of quaternary nitrogens is 2. The first-order valence-corrected chi connectivity index (χ1v) is 11.4. The van der Waals surface area contributed by atoms with Crippen molar-refractivity contribution in [3.8, 4) is 5.75 Å². The lowest BCUT2D eigenvalue weighted by Crippen LogP contribution is -3.28. The molecule has 0 aliphatic carbocycles. The Morgan fingerprint density at radius 1 is 1.15 bits per heavy atom. The number of carbonyl (C=O) groups is 1. The molecular weight excluding hydrogens is 366 g/mol. The molecule has 27 heavy (non-hydrogen) atoms. The van der Waals surface area contributed by atoms with Gasteiger partial charge in [0, 0.05) is 5.56 Å². The fourth-order valence-corrected chi connectivity index (χ4v) is 6.15. The SMILES string of the molecule is COc1ccc(C[NH+]2CC[NH+](CC(=O)N[C@]3(C)CCS(=O)(=O)C3)CC2)cc1. The topological polar surface area (TPSA) is 81.3 Å². The van der Waals surface area contributed by atoms with Gasteiger partial charge in [-0.2, -0.15) is 0 Å². The molecule has 8 heteroatoms. The normalized spacial score (nSPS) is 30.0. The Morgan fingerprint density at radius 3 is 2.33 bits per heavy atom. The van der Waals surface area contributed by atoms with Crippen LogP contribution in [0, 0.1) is 0 Å². The average molecular weight is 398 g/mol. The van der Waals surface area contributed by atoms with Crippen LogP contribution in [-0.4, -0.2) is 71.2 Å². The van der Waals surface area contributed by atoms with Crippen LogP contribution in [0.4, 0.5) is 0 Å². The largest absolute Gasteiger partial charge is 0.497 e. The second-order valence-electron chi connectivity index (χ2n) is 8.15. The van der Waals surface area contributed by atoms with E-state index in [0.29, 0.717) is 13.0 Å². The number of nitrogens with one attached hydrogen (secondary N) is 3. The van der Waals surface area contributed by atoms with Crippen LogP contribution in [0.1, 0.15) is 18.9 Å². The van der Waals surface area contributed by atoms with E-state index >= 15 is 0 Å². The van der Waals surface area contributed by atoms with Crippen LogP contribution in [0.15, 0.2) is 24.3 Å². The molecule has 0 saturated carbocycles. The van der Waals surface area contributed by atoms with Crippen LogP contribution in [0.25, 0.3) is 0 Å². The quantitative estimate of drug-likeness (QED) is 0.503. The van der Waals surface area contributed by atoms with Gasteiger partial charge in [0.15, 0.2) is 16.4 Å². The van der Waals surface area contributed by atoms with Crippen LogP contribution >= 0.6 is 0 Å². The zero-order valence-electron chi connectivity index (χ0n) is 16.2. The van der Waals surface area contributed by atoms with Crippen LogP contribution in [0.5, 0.6) is 5.75 Å². The van der Waals surface area contributed by atoms with Gasteiger partial charge in [-0.15, -0.1) is 0 Å². The van der Waals surface area contributed by atoms with Gasteiger partial charge in [0.2, 0.25) is 0 Å². The average Bonchev–Trinajstić information content (AvgIpc) is 2.90. The van der Waals surface area contributed by atoms with E-state index in [0.717, 1.165) is 38.5 Å². The lowest BCUT2D eigenvalue weighted by atomic mass is 10.0. The highest BCUT2D eigenvalue weighted by molar-refractivity contribution is 7.91. The second-order valence-corrected chi connectivity index (χ2v) is 10.3. The van der Waals surface area contributed by atoms with Crippen molar-refractivity contribution in [3.63, 3.8) is 0 Å². The van der Waals surface area contributed by atoms with E-state index in [1.165, 1.54) is 15.4 Å². The molecule has 1 amide bonds. The highest BCUT2D eigenvalue weighted by Gasteiger charge is 2.40. The molecule has 0 bridgehead atoms. The Balaban J connectivity index is 1.42. The molecule has 2 aliphatic heterocycles. The summed E-state index contributed by atoms with van der Waals surface area (Å²) >= 11 is 0. The third-order valence-corrected chi connectivity index (χ3v) is 7.54. The van der Waals surface area contributed by atoms with Crippen LogP contribution in [0.3, 0.4) is 0 Å². The summed E-state index contributed by atoms with van der Waals surface area (Å²) in [5.74, 6) is 1.06. The first-order valence-electron chi connectivity index (χ1n) is 9.58. The minimum atomic E-state index is -3.01. The van der Waals surface area contributed by atoms with Gasteiger partial charge < -0.3 is 19.9 Å². The van der Waals surface area contributed by atoms with Gasteiger partial charge in [-0.05, 0) is 37.6 Å². The van der Waals surface area contributed by atoms with Crippen LogP contribution in [0.2, 0.25) is 0 Å². The molecule has 2 aliphatic rings. The van der Waals surface area contributed by atoms with Crippen molar-refractivity contribution in [2.24, 2.45) is 0 Å². The molecule has 1 aromatic carbocycles. The Morgan fingerprint density at radius 2 is 1.78 bits per heavy atom. The van der Waals surface area contributed by atoms with Crippen molar-refractivity contribution in [3.05, 3.63) is 29.8 Å². The number of benzene rings is 1. The summed E-state index contributed by atoms with van der Waals surface area (Å²) in [7, 11) is -1.34. The number of piperazine rings is 1. The summed E-state index contributed by atoms with van der Waals surface area (Å²) in [6.45, 7) is 7.20. The van der Waals surface area contributed by atoms with Crippen molar-refractivity contribution in [2.75, 3.05) is 51.3 Å². The fourth-order valence-electron chi connectivity index (χ4n) is 4.06.